The van der Waals surface area contributed by atoms with E-state index >= 15 is 0 Å². The van der Waals surface area contributed by atoms with Crippen molar-refractivity contribution in [3.8, 4) is 5.75 Å². The minimum absolute atomic E-state index is 0. The van der Waals surface area contributed by atoms with E-state index in [1.807, 2.05) is 0 Å². The Kier molecular flexibility index (Phi) is 8.92. The molecule has 0 spiro atoms. The number of likely N-dealkylation sites (tertiary alicyclic amines) is 1. The first-order valence-electron chi connectivity index (χ1n) is 8.51. The standard InChI is InChI=1S/C18H26F3NO.ClH/c1-2-15(9-12-22-10-4-3-5-11-22)14-23-17-8-6-7-16(13-17)18(19,20)21;/h6-8,13,15H,2-5,9-12,14H2,1H3;1H. The van der Waals surface area contributed by atoms with Gasteiger partial charge in [-0.05, 0) is 63.0 Å². The summed E-state index contributed by atoms with van der Waals surface area (Å²) in [5.41, 5.74) is -0.656. The lowest BCUT2D eigenvalue weighted by Gasteiger charge is -2.28. The summed E-state index contributed by atoms with van der Waals surface area (Å²) in [7, 11) is 0. The summed E-state index contributed by atoms with van der Waals surface area (Å²) >= 11 is 0. The molecular formula is C18H27ClF3NO. The predicted octanol–water partition coefficient (Wildman–Crippen LogP) is 5.41. The lowest BCUT2D eigenvalue weighted by molar-refractivity contribution is -0.137. The molecule has 1 aromatic carbocycles. The van der Waals surface area contributed by atoms with E-state index in [0.717, 1.165) is 31.5 Å². The van der Waals surface area contributed by atoms with Gasteiger partial charge in [-0.15, -0.1) is 12.4 Å². The molecule has 0 aromatic heterocycles. The molecule has 1 saturated heterocycles. The van der Waals surface area contributed by atoms with Gasteiger partial charge < -0.3 is 9.64 Å². The van der Waals surface area contributed by atoms with E-state index in [0.29, 0.717) is 18.3 Å². The quantitative estimate of drug-likeness (QED) is 0.640. The van der Waals surface area contributed by atoms with Crippen LogP contribution in [0.1, 0.15) is 44.6 Å². The molecule has 1 aliphatic rings. The first kappa shape index (κ1) is 21.1. The fourth-order valence-corrected chi connectivity index (χ4v) is 2.93. The molecule has 1 heterocycles. The highest BCUT2D eigenvalue weighted by atomic mass is 35.5. The second kappa shape index (κ2) is 10.1. The number of benzene rings is 1. The lowest BCUT2D eigenvalue weighted by atomic mass is 10.0. The van der Waals surface area contributed by atoms with Crippen molar-refractivity contribution in [3.63, 3.8) is 0 Å². The minimum Gasteiger partial charge on any atom is -0.493 e. The van der Waals surface area contributed by atoms with Gasteiger partial charge in [0.15, 0.2) is 0 Å². The highest BCUT2D eigenvalue weighted by Gasteiger charge is 2.30. The summed E-state index contributed by atoms with van der Waals surface area (Å²) in [6.45, 7) is 5.99. The molecule has 1 unspecified atom stereocenters. The van der Waals surface area contributed by atoms with Crippen LogP contribution in [0, 0.1) is 5.92 Å². The summed E-state index contributed by atoms with van der Waals surface area (Å²) in [6, 6.07) is 5.14. The summed E-state index contributed by atoms with van der Waals surface area (Å²) in [6.07, 6.45) is 1.57. The van der Waals surface area contributed by atoms with Crippen molar-refractivity contribution < 1.29 is 17.9 Å². The maximum Gasteiger partial charge on any atom is 0.416 e. The molecule has 24 heavy (non-hydrogen) atoms. The van der Waals surface area contributed by atoms with Crippen molar-refractivity contribution in [1.29, 1.82) is 0 Å². The van der Waals surface area contributed by atoms with Crippen molar-refractivity contribution in [2.45, 2.75) is 45.2 Å². The maximum absolute atomic E-state index is 12.7. The number of piperidine rings is 1. The normalized spacial score (nSPS) is 17.2. The molecule has 0 radical (unpaired) electrons. The smallest absolute Gasteiger partial charge is 0.416 e. The molecule has 0 N–H and O–H groups in total. The summed E-state index contributed by atoms with van der Waals surface area (Å²) < 4.78 is 43.7. The topological polar surface area (TPSA) is 12.5 Å². The van der Waals surface area contributed by atoms with Crippen molar-refractivity contribution in [2.24, 2.45) is 5.92 Å². The van der Waals surface area contributed by atoms with Crippen molar-refractivity contribution in [1.82, 2.24) is 4.90 Å². The van der Waals surface area contributed by atoms with E-state index in [4.69, 9.17) is 4.74 Å². The van der Waals surface area contributed by atoms with Crippen LogP contribution in [0.25, 0.3) is 0 Å². The van der Waals surface area contributed by atoms with E-state index in [-0.39, 0.29) is 12.4 Å². The second-order valence-electron chi connectivity index (χ2n) is 6.30. The largest absolute Gasteiger partial charge is 0.493 e. The van der Waals surface area contributed by atoms with Crippen LogP contribution < -0.4 is 4.74 Å². The van der Waals surface area contributed by atoms with Gasteiger partial charge in [0.2, 0.25) is 0 Å². The van der Waals surface area contributed by atoms with Gasteiger partial charge in [0, 0.05) is 0 Å². The van der Waals surface area contributed by atoms with E-state index in [9.17, 15) is 13.2 Å². The highest BCUT2D eigenvalue weighted by Crippen LogP contribution is 2.31. The zero-order valence-electron chi connectivity index (χ0n) is 14.1. The molecule has 138 valence electrons. The number of ether oxygens (including phenoxy) is 1. The summed E-state index contributed by atoms with van der Waals surface area (Å²) in [4.78, 5) is 2.48. The van der Waals surface area contributed by atoms with Gasteiger partial charge in [-0.25, -0.2) is 0 Å². The van der Waals surface area contributed by atoms with Crippen LogP contribution in [0.5, 0.6) is 5.75 Å². The maximum atomic E-state index is 12.7. The Morgan fingerprint density at radius 1 is 1.17 bits per heavy atom. The third-order valence-corrected chi connectivity index (χ3v) is 4.53. The monoisotopic (exact) mass is 365 g/mol. The fraction of sp³-hybridized carbons (Fsp3) is 0.667. The Bertz CT molecular complexity index is 476. The zero-order chi connectivity index (χ0) is 16.7. The molecular weight excluding hydrogens is 339 g/mol. The number of nitrogens with zero attached hydrogens (tertiary/aromatic N) is 1. The van der Waals surface area contributed by atoms with Crippen LogP contribution in [0.2, 0.25) is 0 Å². The van der Waals surface area contributed by atoms with Crippen LogP contribution in [0.4, 0.5) is 13.2 Å². The molecule has 1 aromatic rings. The first-order valence-corrected chi connectivity index (χ1v) is 8.51. The minimum atomic E-state index is -4.32. The summed E-state index contributed by atoms with van der Waals surface area (Å²) in [5.74, 6) is 0.683. The van der Waals surface area contributed by atoms with Crippen molar-refractivity contribution in [3.05, 3.63) is 29.8 Å². The van der Waals surface area contributed by atoms with Crippen LogP contribution in [0.15, 0.2) is 24.3 Å². The molecule has 2 rings (SSSR count). The average molecular weight is 366 g/mol. The van der Waals surface area contributed by atoms with Gasteiger partial charge in [-0.2, -0.15) is 13.2 Å². The number of halogens is 4. The Labute approximate surface area is 148 Å². The lowest BCUT2D eigenvalue weighted by Crippen LogP contribution is -2.32. The fourth-order valence-electron chi connectivity index (χ4n) is 2.93. The second-order valence-corrected chi connectivity index (χ2v) is 6.30. The Morgan fingerprint density at radius 2 is 1.88 bits per heavy atom. The van der Waals surface area contributed by atoms with Crippen LogP contribution in [-0.2, 0) is 6.18 Å². The molecule has 2 nitrogen and oxygen atoms in total. The zero-order valence-corrected chi connectivity index (χ0v) is 15.0. The van der Waals surface area contributed by atoms with Gasteiger partial charge in [-0.1, -0.05) is 25.8 Å². The van der Waals surface area contributed by atoms with Crippen molar-refractivity contribution in [2.75, 3.05) is 26.2 Å². The number of hydrogen-bond donors (Lipinski definition) is 0. The molecule has 1 atom stereocenters. The number of hydrogen-bond acceptors (Lipinski definition) is 2. The molecule has 1 aliphatic heterocycles. The molecule has 0 aliphatic carbocycles. The highest BCUT2D eigenvalue weighted by molar-refractivity contribution is 5.85. The van der Waals surface area contributed by atoms with Gasteiger partial charge in [0.25, 0.3) is 0 Å². The van der Waals surface area contributed by atoms with E-state index in [2.05, 4.69) is 11.8 Å². The SMILES string of the molecule is CCC(CCN1CCCCC1)COc1cccc(C(F)(F)F)c1.Cl. The van der Waals surface area contributed by atoms with E-state index in [1.165, 1.54) is 38.4 Å². The summed E-state index contributed by atoms with van der Waals surface area (Å²) in [5, 5.41) is 0. The van der Waals surface area contributed by atoms with Crippen LogP contribution >= 0.6 is 12.4 Å². The van der Waals surface area contributed by atoms with Gasteiger partial charge in [0.05, 0.1) is 12.2 Å². The molecule has 6 heteroatoms. The Balaban J connectivity index is 0.00000288. The third-order valence-electron chi connectivity index (χ3n) is 4.53. The van der Waals surface area contributed by atoms with Crippen LogP contribution in [0.3, 0.4) is 0 Å². The van der Waals surface area contributed by atoms with Crippen LogP contribution in [-0.4, -0.2) is 31.1 Å². The molecule has 1 fully saturated rings. The van der Waals surface area contributed by atoms with Gasteiger partial charge in [-0.3, -0.25) is 0 Å². The predicted molar refractivity (Wildman–Crippen MR) is 92.9 cm³/mol. The Morgan fingerprint density at radius 3 is 2.50 bits per heavy atom. The van der Waals surface area contributed by atoms with E-state index in [1.54, 1.807) is 6.07 Å². The molecule has 0 saturated carbocycles. The third kappa shape index (κ3) is 6.89. The van der Waals surface area contributed by atoms with Crippen molar-refractivity contribution >= 4 is 12.4 Å². The van der Waals surface area contributed by atoms with E-state index < -0.39 is 11.7 Å². The Hall–Kier alpha value is -0.940. The first-order chi connectivity index (χ1) is 11.0. The van der Waals surface area contributed by atoms with Gasteiger partial charge in [0.1, 0.15) is 5.75 Å². The molecule has 0 bridgehead atoms. The number of rotatable bonds is 7. The number of alkyl halides is 3. The average Bonchev–Trinajstić information content (AvgIpc) is 2.55. The van der Waals surface area contributed by atoms with Gasteiger partial charge >= 0.3 is 6.18 Å². The molecule has 0 amide bonds.